The summed E-state index contributed by atoms with van der Waals surface area (Å²) < 4.78 is 13.5. The van der Waals surface area contributed by atoms with Gasteiger partial charge in [-0.3, -0.25) is 4.79 Å². The first-order valence-electron chi connectivity index (χ1n) is 5.98. The number of β-amino-alcohol motifs (C(OH)–C–C–N with tert-alkyl or cyclic N) is 1. The number of halogens is 1. The minimum absolute atomic E-state index is 0.174. The number of hydrogen-bond donors (Lipinski definition) is 1. The molecule has 0 unspecified atom stereocenters. The van der Waals surface area contributed by atoms with Crippen LogP contribution < -0.4 is 0 Å². The molecule has 2 rings (SSSR count). The number of aliphatic hydroxyl groups is 1. The molecule has 3 nitrogen and oxygen atoms in total. The topological polar surface area (TPSA) is 40.5 Å². The van der Waals surface area contributed by atoms with E-state index in [1.54, 1.807) is 30.0 Å². The summed E-state index contributed by atoms with van der Waals surface area (Å²) >= 11 is 0. The number of rotatable bonds is 2. The van der Waals surface area contributed by atoms with Crippen LogP contribution in [0.4, 0.5) is 4.39 Å². The number of carbonyl (C=O) groups excluding carboxylic acids is 1. The lowest BCUT2D eigenvalue weighted by atomic mass is 10.1. The number of nitrogens with zero attached hydrogens (tertiary/aromatic N) is 1. The Hall–Kier alpha value is -1.68. The summed E-state index contributed by atoms with van der Waals surface area (Å²) in [6, 6.07) is 6.37. The maximum atomic E-state index is 13.5. The lowest BCUT2D eigenvalue weighted by Gasteiger charge is -2.13. The minimum atomic E-state index is -0.434. The average molecular weight is 249 g/mol. The van der Waals surface area contributed by atoms with Crippen LogP contribution in [0.25, 0.3) is 5.57 Å². The highest BCUT2D eigenvalue weighted by Gasteiger charge is 2.23. The Kier molecular flexibility index (Phi) is 3.77. The van der Waals surface area contributed by atoms with E-state index in [0.29, 0.717) is 30.6 Å². The second kappa shape index (κ2) is 5.31. The molecule has 18 heavy (non-hydrogen) atoms. The highest BCUT2D eigenvalue weighted by molar-refractivity contribution is 5.95. The van der Waals surface area contributed by atoms with E-state index in [1.807, 2.05) is 0 Å². The van der Waals surface area contributed by atoms with Gasteiger partial charge in [-0.15, -0.1) is 0 Å². The van der Waals surface area contributed by atoms with Gasteiger partial charge in [0.1, 0.15) is 5.82 Å². The number of hydrogen-bond acceptors (Lipinski definition) is 2. The Morgan fingerprint density at radius 1 is 1.50 bits per heavy atom. The van der Waals surface area contributed by atoms with Crippen LogP contribution in [0.3, 0.4) is 0 Å². The molecule has 1 atom stereocenters. The zero-order valence-electron chi connectivity index (χ0n) is 10.3. The van der Waals surface area contributed by atoms with Crippen molar-refractivity contribution in [2.75, 3.05) is 13.1 Å². The van der Waals surface area contributed by atoms with E-state index in [-0.39, 0.29) is 11.7 Å². The molecule has 1 amide bonds. The largest absolute Gasteiger partial charge is 0.391 e. The third kappa shape index (κ3) is 2.76. The second-order valence-corrected chi connectivity index (χ2v) is 4.53. The predicted molar refractivity (Wildman–Crippen MR) is 67.3 cm³/mol. The van der Waals surface area contributed by atoms with Gasteiger partial charge in [0.25, 0.3) is 0 Å². The molecule has 0 aliphatic carbocycles. The molecule has 1 aromatic carbocycles. The number of benzene rings is 1. The predicted octanol–water partition coefficient (Wildman–Crippen LogP) is 1.82. The van der Waals surface area contributed by atoms with Crippen molar-refractivity contribution in [1.82, 2.24) is 4.90 Å². The van der Waals surface area contributed by atoms with E-state index in [1.165, 1.54) is 12.1 Å². The van der Waals surface area contributed by atoms with Crippen LogP contribution in [0.15, 0.2) is 30.3 Å². The Morgan fingerprint density at radius 2 is 2.22 bits per heavy atom. The van der Waals surface area contributed by atoms with Crippen molar-refractivity contribution in [3.05, 3.63) is 41.7 Å². The van der Waals surface area contributed by atoms with Crippen molar-refractivity contribution in [2.24, 2.45) is 0 Å². The highest BCUT2D eigenvalue weighted by atomic mass is 19.1. The highest BCUT2D eigenvalue weighted by Crippen LogP contribution is 2.18. The molecular weight excluding hydrogens is 233 g/mol. The molecule has 0 spiro atoms. The molecular formula is C14H16FNO2. The second-order valence-electron chi connectivity index (χ2n) is 4.53. The molecule has 0 bridgehead atoms. The van der Waals surface area contributed by atoms with Crippen molar-refractivity contribution >= 4 is 11.5 Å². The van der Waals surface area contributed by atoms with Gasteiger partial charge < -0.3 is 10.0 Å². The molecule has 0 saturated carbocycles. The van der Waals surface area contributed by atoms with E-state index in [2.05, 4.69) is 0 Å². The number of carbonyl (C=O) groups is 1. The van der Waals surface area contributed by atoms with E-state index in [4.69, 9.17) is 0 Å². The van der Waals surface area contributed by atoms with E-state index in [0.717, 1.165) is 0 Å². The molecule has 4 heteroatoms. The molecule has 1 heterocycles. The number of amides is 1. The summed E-state index contributed by atoms with van der Waals surface area (Å²) in [7, 11) is 0. The average Bonchev–Trinajstić information content (AvgIpc) is 2.76. The molecule has 96 valence electrons. The van der Waals surface area contributed by atoms with Gasteiger partial charge in [-0.25, -0.2) is 4.39 Å². The summed E-state index contributed by atoms with van der Waals surface area (Å²) in [4.78, 5) is 13.5. The van der Waals surface area contributed by atoms with Gasteiger partial charge >= 0.3 is 0 Å². The first-order chi connectivity index (χ1) is 8.58. The van der Waals surface area contributed by atoms with Crippen molar-refractivity contribution in [3.8, 4) is 0 Å². The summed E-state index contributed by atoms with van der Waals surface area (Å²) in [6.45, 7) is 2.63. The van der Waals surface area contributed by atoms with Gasteiger partial charge in [0.05, 0.1) is 6.10 Å². The van der Waals surface area contributed by atoms with Crippen LogP contribution in [0.1, 0.15) is 18.9 Å². The summed E-state index contributed by atoms with van der Waals surface area (Å²) in [5.74, 6) is -0.507. The maximum absolute atomic E-state index is 13.5. The van der Waals surface area contributed by atoms with Crippen LogP contribution in [0, 0.1) is 5.82 Å². The van der Waals surface area contributed by atoms with Gasteiger partial charge in [0.2, 0.25) is 5.91 Å². The summed E-state index contributed by atoms with van der Waals surface area (Å²) in [5.41, 5.74) is 1.03. The lowest BCUT2D eigenvalue weighted by Crippen LogP contribution is -2.28. The van der Waals surface area contributed by atoms with Gasteiger partial charge in [0.15, 0.2) is 0 Å². The van der Waals surface area contributed by atoms with Crippen LogP contribution in [-0.4, -0.2) is 35.1 Å². The molecule has 1 aromatic rings. The molecule has 1 saturated heterocycles. The monoisotopic (exact) mass is 249 g/mol. The number of allylic oxidation sites excluding steroid dienone is 1. The zero-order valence-corrected chi connectivity index (χ0v) is 10.3. The fourth-order valence-corrected chi connectivity index (χ4v) is 2.08. The Bertz CT molecular complexity index is 484. The Morgan fingerprint density at radius 3 is 2.83 bits per heavy atom. The lowest BCUT2D eigenvalue weighted by molar-refractivity contribution is -0.125. The fourth-order valence-electron chi connectivity index (χ4n) is 2.08. The fraction of sp³-hybridized carbons (Fsp3) is 0.357. The molecule has 1 N–H and O–H groups in total. The molecule has 0 radical (unpaired) electrons. The quantitative estimate of drug-likeness (QED) is 0.812. The van der Waals surface area contributed by atoms with E-state index in [9.17, 15) is 14.3 Å². The first kappa shape index (κ1) is 12.8. The van der Waals surface area contributed by atoms with Crippen molar-refractivity contribution in [2.45, 2.75) is 19.4 Å². The smallest absolute Gasteiger partial charge is 0.246 e. The normalized spacial score (nSPS) is 20.3. The zero-order chi connectivity index (χ0) is 13.1. The third-order valence-electron chi connectivity index (χ3n) is 3.11. The SMILES string of the molecule is CC(=CC(=O)N1CC[C@@H](O)C1)c1ccccc1F. The standard InChI is InChI=1S/C14H16FNO2/c1-10(12-4-2-3-5-13(12)15)8-14(18)16-7-6-11(17)9-16/h2-5,8,11,17H,6-7,9H2,1H3/t11-/m1/s1. The molecule has 1 aliphatic heterocycles. The van der Waals surface area contributed by atoms with Gasteiger partial charge in [-0.05, 0) is 25.0 Å². The molecule has 1 aliphatic rings. The van der Waals surface area contributed by atoms with Crippen LogP contribution in [-0.2, 0) is 4.79 Å². The number of aliphatic hydroxyl groups excluding tert-OH is 1. The Labute approximate surface area is 106 Å². The Balaban J connectivity index is 2.13. The van der Waals surface area contributed by atoms with Crippen LogP contribution in [0.5, 0.6) is 0 Å². The van der Waals surface area contributed by atoms with Crippen LogP contribution >= 0.6 is 0 Å². The summed E-state index contributed by atoms with van der Waals surface area (Å²) in [5, 5.41) is 9.37. The van der Waals surface area contributed by atoms with Crippen molar-refractivity contribution in [1.29, 1.82) is 0 Å². The van der Waals surface area contributed by atoms with Gasteiger partial charge in [-0.2, -0.15) is 0 Å². The van der Waals surface area contributed by atoms with Crippen LogP contribution in [0.2, 0.25) is 0 Å². The summed E-state index contributed by atoms with van der Waals surface area (Å²) in [6.07, 6.45) is 1.60. The maximum Gasteiger partial charge on any atom is 0.246 e. The van der Waals surface area contributed by atoms with Crippen molar-refractivity contribution in [3.63, 3.8) is 0 Å². The van der Waals surface area contributed by atoms with Gasteiger partial charge in [0, 0.05) is 24.7 Å². The van der Waals surface area contributed by atoms with E-state index < -0.39 is 6.10 Å². The first-order valence-corrected chi connectivity index (χ1v) is 5.98. The number of likely N-dealkylation sites (tertiary alicyclic amines) is 1. The van der Waals surface area contributed by atoms with Crippen molar-refractivity contribution < 1.29 is 14.3 Å². The minimum Gasteiger partial charge on any atom is -0.391 e. The van der Waals surface area contributed by atoms with Gasteiger partial charge in [-0.1, -0.05) is 18.2 Å². The molecule has 1 fully saturated rings. The molecule has 0 aromatic heterocycles. The third-order valence-corrected chi connectivity index (χ3v) is 3.11. The van der Waals surface area contributed by atoms with E-state index >= 15 is 0 Å².